The second-order valence-electron chi connectivity index (χ2n) is 5.84. The predicted octanol–water partition coefficient (Wildman–Crippen LogP) is 4.25. The molecule has 0 fully saturated rings. The summed E-state index contributed by atoms with van der Waals surface area (Å²) < 4.78 is 0. The van der Waals surface area contributed by atoms with Crippen molar-refractivity contribution in [3.05, 3.63) is 17.7 Å². The van der Waals surface area contributed by atoms with Gasteiger partial charge in [-0.15, -0.1) is 0 Å². The number of aromatic amines is 1. The summed E-state index contributed by atoms with van der Waals surface area (Å²) in [5.41, 5.74) is 1.40. The van der Waals surface area contributed by atoms with Crippen LogP contribution < -0.4 is 0 Å². The molecule has 0 aromatic carbocycles. The zero-order chi connectivity index (χ0) is 12.3. The molecule has 0 bridgehead atoms. The van der Waals surface area contributed by atoms with E-state index in [4.69, 9.17) is 4.98 Å². The molecule has 2 heteroatoms. The zero-order valence-electron chi connectivity index (χ0n) is 11.6. The standard InChI is InChI=1S/C14H26N2/c1-7-8-14(5,6)12-9-15-13(16-12)11(4)10(2)3/h9-11H,7-8H2,1-6H3,(H,15,16). The molecule has 1 N–H and O–H groups in total. The Kier molecular flexibility index (Phi) is 4.17. The van der Waals surface area contributed by atoms with Crippen molar-refractivity contribution in [1.29, 1.82) is 0 Å². The SMILES string of the molecule is CCCC(C)(C)c1c[nH]c(C(C)C(C)C)n1. The Bertz CT molecular complexity index is 323. The van der Waals surface area contributed by atoms with Crippen LogP contribution in [0.3, 0.4) is 0 Å². The van der Waals surface area contributed by atoms with E-state index in [1.165, 1.54) is 18.5 Å². The lowest BCUT2D eigenvalue weighted by molar-refractivity contribution is 0.456. The summed E-state index contributed by atoms with van der Waals surface area (Å²) in [5, 5.41) is 0. The summed E-state index contributed by atoms with van der Waals surface area (Å²) >= 11 is 0. The van der Waals surface area contributed by atoms with Crippen LogP contribution in [0.25, 0.3) is 0 Å². The first-order valence-corrected chi connectivity index (χ1v) is 6.44. The monoisotopic (exact) mass is 222 g/mol. The molecule has 0 spiro atoms. The largest absolute Gasteiger partial charge is 0.348 e. The maximum Gasteiger partial charge on any atom is 0.109 e. The van der Waals surface area contributed by atoms with Crippen molar-refractivity contribution in [2.24, 2.45) is 5.92 Å². The molecule has 0 aliphatic heterocycles. The van der Waals surface area contributed by atoms with Gasteiger partial charge in [0.15, 0.2) is 0 Å². The first kappa shape index (κ1) is 13.3. The Hall–Kier alpha value is -0.790. The lowest BCUT2D eigenvalue weighted by Gasteiger charge is -2.21. The third-order valence-corrected chi connectivity index (χ3v) is 3.60. The van der Waals surface area contributed by atoms with Gasteiger partial charge in [-0.3, -0.25) is 0 Å². The van der Waals surface area contributed by atoms with Gasteiger partial charge in [-0.1, -0.05) is 48.0 Å². The summed E-state index contributed by atoms with van der Waals surface area (Å²) in [7, 11) is 0. The number of aromatic nitrogens is 2. The van der Waals surface area contributed by atoms with E-state index in [1.54, 1.807) is 0 Å². The van der Waals surface area contributed by atoms with E-state index in [0.29, 0.717) is 11.8 Å². The van der Waals surface area contributed by atoms with E-state index in [-0.39, 0.29) is 5.41 Å². The minimum atomic E-state index is 0.195. The van der Waals surface area contributed by atoms with Gasteiger partial charge in [-0.25, -0.2) is 4.98 Å². The quantitative estimate of drug-likeness (QED) is 0.792. The van der Waals surface area contributed by atoms with E-state index >= 15 is 0 Å². The molecule has 0 amide bonds. The average Bonchev–Trinajstić information content (AvgIpc) is 2.65. The van der Waals surface area contributed by atoms with Crippen LogP contribution in [0, 0.1) is 5.92 Å². The first-order chi connectivity index (χ1) is 7.38. The summed E-state index contributed by atoms with van der Waals surface area (Å²) in [6, 6.07) is 0. The van der Waals surface area contributed by atoms with Crippen molar-refractivity contribution in [1.82, 2.24) is 9.97 Å². The molecule has 1 unspecified atom stereocenters. The fraction of sp³-hybridized carbons (Fsp3) is 0.786. The number of nitrogens with one attached hydrogen (secondary N) is 1. The fourth-order valence-corrected chi connectivity index (χ4v) is 1.99. The second kappa shape index (κ2) is 5.03. The normalized spacial score (nSPS) is 14.4. The predicted molar refractivity (Wildman–Crippen MR) is 69.8 cm³/mol. The van der Waals surface area contributed by atoms with E-state index in [0.717, 1.165) is 5.82 Å². The highest BCUT2D eigenvalue weighted by atomic mass is 14.9. The van der Waals surface area contributed by atoms with E-state index in [9.17, 15) is 0 Å². The molecule has 92 valence electrons. The number of hydrogen-bond acceptors (Lipinski definition) is 1. The van der Waals surface area contributed by atoms with Crippen molar-refractivity contribution in [2.75, 3.05) is 0 Å². The topological polar surface area (TPSA) is 28.7 Å². The maximum atomic E-state index is 4.77. The minimum absolute atomic E-state index is 0.195. The highest BCUT2D eigenvalue weighted by Gasteiger charge is 2.24. The lowest BCUT2D eigenvalue weighted by Crippen LogP contribution is -2.17. The van der Waals surface area contributed by atoms with Crippen molar-refractivity contribution in [2.45, 2.75) is 65.7 Å². The van der Waals surface area contributed by atoms with Crippen molar-refractivity contribution < 1.29 is 0 Å². The number of imidazole rings is 1. The molecule has 0 aliphatic rings. The van der Waals surface area contributed by atoms with E-state index in [2.05, 4.69) is 52.7 Å². The molecule has 1 rings (SSSR count). The second-order valence-corrected chi connectivity index (χ2v) is 5.84. The van der Waals surface area contributed by atoms with Crippen LogP contribution in [0.5, 0.6) is 0 Å². The molecular weight excluding hydrogens is 196 g/mol. The van der Waals surface area contributed by atoms with Gasteiger partial charge in [-0.05, 0) is 12.3 Å². The van der Waals surface area contributed by atoms with Crippen LogP contribution in [-0.4, -0.2) is 9.97 Å². The zero-order valence-corrected chi connectivity index (χ0v) is 11.6. The van der Waals surface area contributed by atoms with Gasteiger partial charge in [0.1, 0.15) is 5.82 Å². The molecular formula is C14H26N2. The number of rotatable bonds is 5. The molecule has 1 heterocycles. The van der Waals surface area contributed by atoms with Crippen molar-refractivity contribution >= 4 is 0 Å². The van der Waals surface area contributed by atoms with Gasteiger partial charge in [0.05, 0.1) is 5.69 Å². The third-order valence-electron chi connectivity index (χ3n) is 3.60. The number of hydrogen-bond donors (Lipinski definition) is 1. The highest BCUT2D eigenvalue weighted by molar-refractivity contribution is 5.14. The Morgan fingerprint density at radius 2 is 1.94 bits per heavy atom. The van der Waals surface area contributed by atoms with Crippen LogP contribution in [0.2, 0.25) is 0 Å². The summed E-state index contributed by atoms with van der Waals surface area (Å²) in [6.45, 7) is 13.5. The third kappa shape index (κ3) is 2.87. The van der Waals surface area contributed by atoms with E-state index < -0.39 is 0 Å². The first-order valence-electron chi connectivity index (χ1n) is 6.44. The summed E-state index contributed by atoms with van der Waals surface area (Å²) in [4.78, 5) is 8.11. The lowest BCUT2D eigenvalue weighted by atomic mass is 9.85. The van der Waals surface area contributed by atoms with Gasteiger partial charge in [-0.2, -0.15) is 0 Å². The number of nitrogens with zero attached hydrogens (tertiary/aromatic N) is 1. The van der Waals surface area contributed by atoms with Crippen LogP contribution >= 0.6 is 0 Å². The average molecular weight is 222 g/mol. The van der Waals surface area contributed by atoms with Gasteiger partial charge >= 0.3 is 0 Å². The Morgan fingerprint density at radius 1 is 1.31 bits per heavy atom. The molecule has 0 radical (unpaired) electrons. The van der Waals surface area contributed by atoms with Crippen LogP contribution in [0.15, 0.2) is 6.20 Å². The Balaban J connectivity index is 2.86. The Labute approximate surface area is 99.9 Å². The van der Waals surface area contributed by atoms with E-state index in [1.807, 2.05) is 0 Å². The minimum Gasteiger partial charge on any atom is -0.348 e. The highest BCUT2D eigenvalue weighted by Crippen LogP contribution is 2.29. The molecule has 1 atom stereocenters. The van der Waals surface area contributed by atoms with Gasteiger partial charge in [0.25, 0.3) is 0 Å². The van der Waals surface area contributed by atoms with Crippen molar-refractivity contribution in [3.63, 3.8) is 0 Å². The molecule has 0 saturated carbocycles. The fourth-order valence-electron chi connectivity index (χ4n) is 1.99. The summed E-state index contributed by atoms with van der Waals surface area (Å²) in [5.74, 6) is 2.27. The maximum absolute atomic E-state index is 4.77. The van der Waals surface area contributed by atoms with Crippen molar-refractivity contribution in [3.8, 4) is 0 Å². The van der Waals surface area contributed by atoms with Crippen LogP contribution in [0.1, 0.15) is 71.8 Å². The van der Waals surface area contributed by atoms with Gasteiger partial charge in [0.2, 0.25) is 0 Å². The molecule has 0 saturated heterocycles. The van der Waals surface area contributed by atoms with Crippen LogP contribution in [-0.2, 0) is 5.41 Å². The van der Waals surface area contributed by atoms with Gasteiger partial charge < -0.3 is 4.98 Å². The smallest absolute Gasteiger partial charge is 0.109 e. The van der Waals surface area contributed by atoms with Crippen LogP contribution in [0.4, 0.5) is 0 Å². The molecule has 1 aromatic rings. The van der Waals surface area contributed by atoms with Gasteiger partial charge in [0, 0.05) is 17.5 Å². The number of H-pyrrole nitrogens is 1. The molecule has 1 aromatic heterocycles. The molecule has 2 nitrogen and oxygen atoms in total. The Morgan fingerprint density at radius 3 is 2.44 bits per heavy atom. The summed E-state index contributed by atoms with van der Waals surface area (Å²) in [6.07, 6.45) is 4.48. The molecule has 0 aliphatic carbocycles. The molecule has 16 heavy (non-hydrogen) atoms.